The standard InChI is InChI=1S/C16H20ClN3S/c1-11(20-9-7-18-8-10-20)16-19-15(12(2)21-16)13-3-5-14(17)6-4-13/h3-6,11,18H,7-10H2,1-2H3. The van der Waals surface area contributed by atoms with E-state index in [9.17, 15) is 0 Å². The Bertz CT molecular complexity index is 602. The molecule has 112 valence electrons. The molecule has 1 atom stereocenters. The van der Waals surface area contributed by atoms with E-state index in [0.717, 1.165) is 42.5 Å². The van der Waals surface area contributed by atoms with Crippen molar-refractivity contribution in [2.24, 2.45) is 0 Å². The first kappa shape index (κ1) is 15.0. The first-order valence-corrected chi connectivity index (χ1v) is 8.52. The summed E-state index contributed by atoms with van der Waals surface area (Å²) in [5, 5.41) is 5.37. The van der Waals surface area contributed by atoms with Gasteiger partial charge in [-0.3, -0.25) is 4.90 Å². The number of nitrogens with zero attached hydrogens (tertiary/aromatic N) is 2. The van der Waals surface area contributed by atoms with Crippen LogP contribution in [0.4, 0.5) is 0 Å². The van der Waals surface area contributed by atoms with Crippen molar-refractivity contribution in [3.05, 3.63) is 39.2 Å². The van der Waals surface area contributed by atoms with Gasteiger partial charge in [-0.1, -0.05) is 23.7 Å². The Kier molecular flexibility index (Phi) is 4.60. The molecule has 3 rings (SSSR count). The molecule has 0 amide bonds. The van der Waals surface area contributed by atoms with Crippen molar-refractivity contribution in [1.29, 1.82) is 0 Å². The fourth-order valence-electron chi connectivity index (χ4n) is 2.70. The first-order chi connectivity index (χ1) is 10.1. The molecule has 1 unspecified atom stereocenters. The van der Waals surface area contributed by atoms with Gasteiger partial charge >= 0.3 is 0 Å². The monoisotopic (exact) mass is 321 g/mol. The van der Waals surface area contributed by atoms with E-state index in [1.165, 1.54) is 9.88 Å². The average molecular weight is 322 g/mol. The van der Waals surface area contributed by atoms with Crippen molar-refractivity contribution in [3.63, 3.8) is 0 Å². The first-order valence-electron chi connectivity index (χ1n) is 7.33. The highest BCUT2D eigenvalue weighted by Crippen LogP contribution is 2.33. The van der Waals surface area contributed by atoms with Crippen molar-refractivity contribution < 1.29 is 0 Å². The van der Waals surface area contributed by atoms with Gasteiger partial charge in [0.05, 0.1) is 11.7 Å². The zero-order valence-corrected chi connectivity index (χ0v) is 14.0. The van der Waals surface area contributed by atoms with Gasteiger partial charge in [-0.2, -0.15) is 0 Å². The van der Waals surface area contributed by atoms with Crippen LogP contribution < -0.4 is 5.32 Å². The molecule has 2 aromatic rings. The Balaban J connectivity index is 1.84. The maximum atomic E-state index is 5.97. The fraction of sp³-hybridized carbons (Fsp3) is 0.438. The molecule has 1 N–H and O–H groups in total. The third-order valence-electron chi connectivity index (χ3n) is 3.99. The Morgan fingerprint density at radius 3 is 2.57 bits per heavy atom. The number of rotatable bonds is 3. The highest BCUT2D eigenvalue weighted by molar-refractivity contribution is 7.12. The van der Waals surface area contributed by atoms with Crippen LogP contribution in [0.5, 0.6) is 0 Å². The van der Waals surface area contributed by atoms with Crippen LogP contribution in [0.25, 0.3) is 11.3 Å². The molecule has 0 bridgehead atoms. The number of piperazine rings is 1. The molecule has 3 nitrogen and oxygen atoms in total. The lowest BCUT2D eigenvalue weighted by molar-refractivity contribution is 0.185. The zero-order chi connectivity index (χ0) is 14.8. The maximum absolute atomic E-state index is 5.97. The summed E-state index contributed by atoms with van der Waals surface area (Å²) in [6.07, 6.45) is 0. The fourth-order valence-corrected chi connectivity index (χ4v) is 3.85. The second kappa shape index (κ2) is 6.44. The molecule has 0 saturated carbocycles. The average Bonchev–Trinajstić information content (AvgIpc) is 2.90. The Morgan fingerprint density at radius 2 is 1.90 bits per heavy atom. The zero-order valence-electron chi connectivity index (χ0n) is 12.4. The molecule has 1 aliphatic rings. The molecule has 1 fully saturated rings. The van der Waals surface area contributed by atoms with Gasteiger partial charge in [-0.05, 0) is 26.0 Å². The number of halogens is 1. The maximum Gasteiger partial charge on any atom is 0.110 e. The van der Waals surface area contributed by atoms with Crippen LogP contribution in [0.1, 0.15) is 22.9 Å². The van der Waals surface area contributed by atoms with Crippen molar-refractivity contribution in [3.8, 4) is 11.3 Å². The molecule has 1 aliphatic heterocycles. The summed E-state index contributed by atoms with van der Waals surface area (Å²) in [4.78, 5) is 8.67. The van der Waals surface area contributed by atoms with Gasteiger partial charge in [-0.25, -0.2) is 4.98 Å². The minimum absolute atomic E-state index is 0.386. The highest BCUT2D eigenvalue weighted by Gasteiger charge is 2.22. The lowest BCUT2D eigenvalue weighted by atomic mass is 10.1. The summed E-state index contributed by atoms with van der Waals surface area (Å²) in [5.74, 6) is 0. The smallest absolute Gasteiger partial charge is 0.110 e. The largest absolute Gasteiger partial charge is 0.314 e. The summed E-state index contributed by atoms with van der Waals surface area (Å²) in [6.45, 7) is 8.73. The van der Waals surface area contributed by atoms with E-state index in [2.05, 4.69) is 24.1 Å². The van der Waals surface area contributed by atoms with Gasteiger partial charge in [0.15, 0.2) is 0 Å². The predicted molar refractivity (Wildman–Crippen MR) is 90.2 cm³/mol. The third kappa shape index (κ3) is 3.29. The van der Waals surface area contributed by atoms with Crippen LogP contribution in [0, 0.1) is 6.92 Å². The number of benzene rings is 1. The summed E-state index contributed by atoms with van der Waals surface area (Å²) >= 11 is 7.77. The molecular weight excluding hydrogens is 302 g/mol. The molecule has 0 radical (unpaired) electrons. The van der Waals surface area contributed by atoms with E-state index in [0.29, 0.717) is 6.04 Å². The highest BCUT2D eigenvalue weighted by atomic mass is 35.5. The van der Waals surface area contributed by atoms with E-state index >= 15 is 0 Å². The summed E-state index contributed by atoms with van der Waals surface area (Å²) in [7, 11) is 0. The SMILES string of the molecule is Cc1sc(C(C)N2CCNCC2)nc1-c1ccc(Cl)cc1. The van der Waals surface area contributed by atoms with Gasteiger partial charge in [-0.15, -0.1) is 11.3 Å². The van der Waals surface area contributed by atoms with Crippen molar-refractivity contribution in [1.82, 2.24) is 15.2 Å². The lowest BCUT2D eigenvalue weighted by Gasteiger charge is -2.31. The van der Waals surface area contributed by atoms with Crippen LogP contribution in [-0.4, -0.2) is 36.1 Å². The number of thiazole rings is 1. The molecular formula is C16H20ClN3S. The van der Waals surface area contributed by atoms with Crippen LogP contribution >= 0.6 is 22.9 Å². The number of hydrogen-bond donors (Lipinski definition) is 1. The van der Waals surface area contributed by atoms with E-state index in [1.807, 2.05) is 35.6 Å². The number of nitrogens with one attached hydrogen (secondary N) is 1. The number of aryl methyl sites for hydroxylation is 1. The van der Waals surface area contributed by atoms with Crippen molar-refractivity contribution in [2.45, 2.75) is 19.9 Å². The Labute approximate surface area is 135 Å². The normalized spacial score (nSPS) is 17.9. The summed E-state index contributed by atoms with van der Waals surface area (Å²) < 4.78 is 0. The predicted octanol–water partition coefficient (Wildman–Crippen LogP) is 3.74. The van der Waals surface area contributed by atoms with Gasteiger partial charge in [0.1, 0.15) is 5.01 Å². The lowest BCUT2D eigenvalue weighted by Crippen LogP contribution is -2.44. The minimum Gasteiger partial charge on any atom is -0.314 e. The minimum atomic E-state index is 0.386. The molecule has 2 heterocycles. The Morgan fingerprint density at radius 1 is 1.24 bits per heavy atom. The van der Waals surface area contributed by atoms with Crippen molar-refractivity contribution in [2.75, 3.05) is 26.2 Å². The van der Waals surface area contributed by atoms with Gasteiger partial charge in [0, 0.05) is 41.6 Å². The quantitative estimate of drug-likeness (QED) is 0.933. The topological polar surface area (TPSA) is 28.2 Å². The molecule has 1 aromatic heterocycles. The van der Waals surface area contributed by atoms with Crippen LogP contribution in [0.15, 0.2) is 24.3 Å². The van der Waals surface area contributed by atoms with Gasteiger partial charge in [0.2, 0.25) is 0 Å². The van der Waals surface area contributed by atoms with E-state index in [1.54, 1.807) is 0 Å². The van der Waals surface area contributed by atoms with Gasteiger partial charge in [0.25, 0.3) is 0 Å². The molecule has 21 heavy (non-hydrogen) atoms. The third-order valence-corrected chi connectivity index (χ3v) is 5.38. The molecule has 1 saturated heterocycles. The Hall–Kier alpha value is -0.940. The summed E-state index contributed by atoms with van der Waals surface area (Å²) in [6, 6.07) is 8.33. The van der Waals surface area contributed by atoms with Crippen LogP contribution in [0.3, 0.4) is 0 Å². The van der Waals surface area contributed by atoms with E-state index in [4.69, 9.17) is 16.6 Å². The number of aromatic nitrogens is 1. The second-order valence-corrected chi connectivity index (χ2v) is 7.10. The summed E-state index contributed by atoms with van der Waals surface area (Å²) in [5.41, 5.74) is 2.24. The second-order valence-electron chi connectivity index (χ2n) is 5.43. The molecule has 1 aromatic carbocycles. The number of hydrogen-bond acceptors (Lipinski definition) is 4. The van der Waals surface area contributed by atoms with Gasteiger partial charge < -0.3 is 5.32 Å². The van der Waals surface area contributed by atoms with Crippen LogP contribution in [-0.2, 0) is 0 Å². The van der Waals surface area contributed by atoms with Crippen LogP contribution in [0.2, 0.25) is 5.02 Å². The molecule has 0 aliphatic carbocycles. The van der Waals surface area contributed by atoms with Crippen molar-refractivity contribution >= 4 is 22.9 Å². The molecule has 5 heteroatoms. The van der Waals surface area contributed by atoms with E-state index in [-0.39, 0.29) is 0 Å². The molecule has 0 spiro atoms. The van der Waals surface area contributed by atoms with E-state index < -0.39 is 0 Å².